The smallest absolute Gasteiger partial charge is 0.241 e. The van der Waals surface area contributed by atoms with Crippen LogP contribution in [0.15, 0.2) is 0 Å². The number of rotatable bonds is 3. The van der Waals surface area contributed by atoms with Crippen LogP contribution in [0.1, 0.15) is 6.92 Å². The number of halogens is 2. The number of nitrogens with zero attached hydrogens (tertiary/aromatic N) is 2. The van der Waals surface area contributed by atoms with Gasteiger partial charge >= 0.3 is 0 Å². The summed E-state index contributed by atoms with van der Waals surface area (Å²) in [6.45, 7) is 1.86. The molecule has 0 saturated heterocycles. The molecule has 1 atom stereocenters. The van der Waals surface area contributed by atoms with Crippen LogP contribution in [-0.4, -0.2) is 68.6 Å². The lowest BCUT2D eigenvalue weighted by atomic mass is 10.2. The van der Waals surface area contributed by atoms with Crippen LogP contribution in [0.2, 0.25) is 0 Å². The lowest BCUT2D eigenvalue weighted by Gasteiger charge is -2.43. The SMILES string of the molecule is CC(O)C([N+](C)(C)C)[N+](C)(C)C.[Cl-].[Cl-]. The van der Waals surface area contributed by atoms with Crippen molar-refractivity contribution in [2.45, 2.75) is 19.2 Å². The van der Waals surface area contributed by atoms with Crippen molar-refractivity contribution in [3.8, 4) is 0 Å². The maximum atomic E-state index is 9.65. The number of quaternary nitrogens is 2. The van der Waals surface area contributed by atoms with Gasteiger partial charge in [0.1, 0.15) is 0 Å². The Morgan fingerprint density at radius 3 is 1.00 bits per heavy atom. The zero-order chi connectivity index (χ0) is 10.2. The molecule has 0 bridgehead atoms. The van der Waals surface area contributed by atoms with E-state index in [4.69, 9.17) is 0 Å². The molecule has 0 aromatic carbocycles. The summed E-state index contributed by atoms with van der Waals surface area (Å²) in [4.78, 5) is 0. The van der Waals surface area contributed by atoms with E-state index in [-0.39, 0.29) is 37.1 Å². The second-order valence-electron chi connectivity index (χ2n) is 5.39. The lowest BCUT2D eigenvalue weighted by Crippen LogP contribution is -3.00. The third-order valence-electron chi connectivity index (χ3n) is 2.02. The normalized spacial score (nSPS) is 14.4. The van der Waals surface area contributed by atoms with Gasteiger partial charge in [-0.2, -0.15) is 0 Å². The second kappa shape index (κ2) is 6.13. The van der Waals surface area contributed by atoms with Crippen LogP contribution in [0.4, 0.5) is 0 Å². The Morgan fingerprint density at radius 1 is 0.786 bits per heavy atom. The van der Waals surface area contributed by atoms with E-state index in [1.165, 1.54) is 0 Å². The Kier molecular flexibility index (Phi) is 8.74. The summed E-state index contributed by atoms with van der Waals surface area (Å²) < 4.78 is 1.56. The van der Waals surface area contributed by atoms with Crippen molar-refractivity contribution in [3.63, 3.8) is 0 Å². The summed E-state index contributed by atoms with van der Waals surface area (Å²) in [5.74, 6) is 0. The van der Waals surface area contributed by atoms with Gasteiger partial charge in [0, 0.05) is 0 Å². The molecule has 5 heteroatoms. The molecule has 0 aliphatic carbocycles. The monoisotopic (exact) mass is 246 g/mol. The van der Waals surface area contributed by atoms with Gasteiger partial charge in [-0.15, -0.1) is 0 Å². The van der Waals surface area contributed by atoms with E-state index in [2.05, 4.69) is 42.3 Å². The number of aliphatic hydroxyl groups excluding tert-OH is 1. The Morgan fingerprint density at radius 2 is 1.00 bits per heavy atom. The Hall–Kier alpha value is 0.460. The highest BCUT2D eigenvalue weighted by Gasteiger charge is 2.39. The maximum Gasteiger partial charge on any atom is 0.241 e. The predicted molar refractivity (Wildman–Crippen MR) is 51.5 cm³/mol. The first-order valence-corrected chi connectivity index (χ1v) is 4.37. The molecule has 1 N–H and O–H groups in total. The highest BCUT2D eigenvalue weighted by atomic mass is 35.5. The molecule has 0 radical (unpaired) electrons. The van der Waals surface area contributed by atoms with Crippen molar-refractivity contribution >= 4 is 0 Å². The van der Waals surface area contributed by atoms with E-state index < -0.39 is 0 Å². The average molecular weight is 247 g/mol. The molecule has 0 aliphatic heterocycles. The first-order valence-electron chi connectivity index (χ1n) is 4.37. The predicted octanol–water partition coefficient (Wildman–Crippen LogP) is -5.89. The molecular formula is C9H24Cl2N2O. The fraction of sp³-hybridized carbons (Fsp3) is 1.00. The molecule has 1 unspecified atom stereocenters. The Balaban J connectivity index is -0.000000605. The average Bonchev–Trinajstić information content (AvgIpc) is 1.49. The molecule has 0 aliphatic rings. The van der Waals surface area contributed by atoms with Crippen LogP contribution in [0, 0.1) is 0 Å². The van der Waals surface area contributed by atoms with Gasteiger partial charge in [0.2, 0.25) is 6.17 Å². The third kappa shape index (κ3) is 6.04. The van der Waals surface area contributed by atoms with Crippen molar-refractivity contribution in [2.24, 2.45) is 0 Å². The first kappa shape index (κ1) is 19.9. The van der Waals surface area contributed by atoms with Gasteiger partial charge in [-0.05, 0) is 6.92 Å². The van der Waals surface area contributed by atoms with Gasteiger partial charge < -0.3 is 29.9 Å². The lowest BCUT2D eigenvalue weighted by molar-refractivity contribution is -1.09. The van der Waals surface area contributed by atoms with Crippen LogP contribution < -0.4 is 24.8 Å². The molecule has 0 heterocycles. The van der Waals surface area contributed by atoms with Crippen LogP contribution in [0.3, 0.4) is 0 Å². The van der Waals surface area contributed by atoms with Crippen molar-refractivity contribution in [1.82, 2.24) is 0 Å². The molecule has 3 nitrogen and oxygen atoms in total. The molecule has 14 heavy (non-hydrogen) atoms. The van der Waals surface area contributed by atoms with Crippen LogP contribution in [0.25, 0.3) is 0 Å². The van der Waals surface area contributed by atoms with Crippen molar-refractivity contribution in [2.75, 3.05) is 42.3 Å². The molecule has 0 fully saturated rings. The summed E-state index contributed by atoms with van der Waals surface area (Å²) in [6, 6.07) is 0. The van der Waals surface area contributed by atoms with E-state index in [9.17, 15) is 5.11 Å². The summed E-state index contributed by atoms with van der Waals surface area (Å²) in [7, 11) is 12.7. The summed E-state index contributed by atoms with van der Waals surface area (Å²) in [5.41, 5.74) is 0. The van der Waals surface area contributed by atoms with Gasteiger partial charge in [0.25, 0.3) is 0 Å². The fourth-order valence-electron chi connectivity index (χ4n) is 2.33. The van der Waals surface area contributed by atoms with Gasteiger partial charge in [0.05, 0.1) is 42.3 Å². The Labute approximate surface area is 101 Å². The zero-order valence-electron chi connectivity index (χ0n) is 10.3. The van der Waals surface area contributed by atoms with Crippen LogP contribution in [-0.2, 0) is 0 Å². The number of likely N-dealkylation sites (N-methyl/N-ethyl adjacent to an activating group) is 2. The minimum atomic E-state index is -0.287. The van der Waals surface area contributed by atoms with Gasteiger partial charge in [0.15, 0.2) is 6.10 Å². The van der Waals surface area contributed by atoms with Gasteiger partial charge in [-0.1, -0.05) is 0 Å². The minimum absolute atomic E-state index is 0. The molecule has 0 aromatic rings. The highest BCUT2D eigenvalue weighted by Crippen LogP contribution is 2.15. The third-order valence-corrected chi connectivity index (χ3v) is 2.02. The van der Waals surface area contributed by atoms with Crippen molar-refractivity contribution in [1.29, 1.82) is 0 Å². The molecule has 0 saturated carbocycles. The Bertz CT molecular complexity index is 136. The van der Waals surface area contributed by atoms with E-state index in [0.29, 0.717) is 0 Å². The van der Waals surface area contributed by atoms with E-state index in [1.54, 1.807) is 0 Å². The van der Waals surface area contributed by atoms with E-state index >= 15 is 0 Å². The zero-order valence-corrected chi connectivity index (χ0v) is 11.8. The highest BCUT2D eigenvalue weighted by molar-refractivity contribution is 4.51. The number of hydrogen-bond donors (Lipinski definition) is 1. The molecule has 0 spiro atoms. The summed E-state index contributed by atoms with van der Waals surface area (Å²) in [6.07, 6.45) is -0.0741. The quantitative estimate of drug-likeness (QED) is 0.389. The number of aliphatic hydroxyl groups is 1. The van der Waals surface area contributed by atoms with Crippen molar-refractivity contribution < 1.29 is 38.9 Å². The summed E-state index contributed by atoms with van der Waals surface area (Å²) >= 11 is 0. The fourth-order valence-corrected chi connectivity index (χ4v) is 2.33. The largest absolute Gasteiger partial charge is 1.00 e. The molecular weight excluding hydrogens is 223 g/mol. The molecule has 90 valence electrons. The van der Waals surface area contributed by atoms with Crippen molar-refractivity contribution in [3.05, 3.63) is 0 Å². The minimum Gasteiger partial charge on any atom is -1.00 e. The maximum absolute atomic E-state index is 9.65. The number of hydrogen-bond acceptors (Lipinski definition) is 1. The molecule has 0 aromatic heterocycles. The standard InChI is InChI=1S/C9H24N2O.2ClH/c1-8(12)9(10(2,3)4)11(5,6)7;;/h8-9,12H,1-7H3;2*1H/q+2;;/p-2. The first-order chi connectivity index (χ1) is 5.07. The molecule has 0 rings (SSSR count). The van der Waals surface area contributed by atoms with Gasteiger partial charge in [-0.3, -0.25) is 8.97 Å². The van der Waals surface area contributed by atoms with Crippen LogP contribution >= 0.6 is 0 Å². The summed E-state index contributed by atoms with van der Waals surface area (Å²) in [5, 5.41) is 9.65. The topological polar surface area (TPSA) is 20.2 Å². The second-order valence-corrected chi connectivity index (χ2v) is 5.39. The molecule has 0 amide bonds. The van der Waals surface area contributed by atoms with Crippen LogP contribution in [0.5, 0.6) is 0 Å². The van der Waals surface area contributed by atoms with Gasteiger partial charge in [-0.25, -0.2) is 0 Å². The van der Waals surface area contributed by atoms with E-state index in [1.807, 2.05) is 6.92 Å². The van der Waals surface area contributed by atoms with E-state index in [0.717, 1.165) is 8.97 Å².